The van der Waals surface area contributed by atoms with Crippen LogP contribution in [0.5, 0.6) is 0 Å². The standard InChI is InChI=1S/C27H29N5O4/c1-31(16-18-6-2-3-7-22(18)29-15-17-5-4-12-28-14-17)19-8-9-20-21(13-19)27(36)32(26(20)35)23-10-11-24(33)30-25(23)34/h4-5,8-9,12-14,16,18,22-23,29H,2-3,6-7,10-11,15H2,1H3/p+1/b31-16-/t18?,22-,23?/m1/s1. The average Bonchev–Trinajstić information content (AvgIpc) is 3.13. The van der Waals surface area contributed by atoms with Crippen molar-refractivity contribution in [2.45, 2.75) is 57.2 Å². The third-order valence-electron chi connectivity index (χ3n) is 7.36. The Bertz CT molecular complexity index is 1240. The second kappa shape index (κ2) is 10.1. The first-order chi connectivity index (χ1) is 17.4. The van der Waals surface area contributed by atoms with Gasteiger partial charge in [0.15, 0.2) is 0 Å². The first kappa shape index (κ1) is 24.0. The Balaban J connectivity index is 1.33. The third kappa shape index (κ3) is 4.70. The number of aromatic nitrogens is 1. The van der Waals surface area contributed by atoms with Crippen molar-refractivity contribution >= 4 is 35.5 Å². The number of fused-ring (bicyclic) bond motifs is 1. The van der Waals surface area contributed by atoms with Gasteiger partial charge in [0.25, 0.3) is 11.8 Å². The number of hydrogen-bond donors (Lipinski definition) is 2. The molecule has 1 saturated heterocycles. The maximum absolute atomic E-state index is 13.2. The zero-order chi connectivity index (χ0) is 25.2. The number of nitrogens with zero attached hydrogens (tertiary/aromatic N) is 3. The topological polar surface area (TPSA) is 111 Å². The molecule has 3 atom stereocenters. The SMILES string of the molecule is C/[N+](=C/C1CCCC[C@H]1NCc1cccnc1)c1ccc2c(c1)C(=O)N(C1CCC(=O)NC1=O)C2=O. The second-order valence-corrected chi connectivity index (χ2v) is 9.73. The van der Waals surface area contributed by atoms with Gasteiger partial charge in [0, 0.05) is 43.5 Å². The van der Waals surface area contributed by atoms with E-state index in [1.807, 2.05) is 30.0 Å². The van der Waals surface area contributed by atoms with Gasteiger partial charge in [-0.25, -0.2) is 4.58 Å². The molecule has 9 heteroatoms. The van der Waals surface area contributed by atoms with Crippen LogP contribution < -0.4 is 10.6 Å². The van der Waals surface area contributed by atoms with Crippen LogP contribution in [0.15, 0.2) is 42.7 Å². The predicted octanol–water partition coefficient (Wildman–Crippen LogP) is 2.18. The number of carbonyl (C=O) groups excluding carboxylic acids is 4. The maximum Gasteiger partial charge on any atom is 0.262 e. The van der Waals surface area contributed by atoms with Crippen LogP contribution in [0, 0.1) is 5.92 Å². The summed E-state index contributed by atoms with van der Waals surface area (Å²) in [5.41, 5.74) is 2.53. The number of piperidine rings is 1. The van der Waals surface area contributed by atoms with E-state index in [4.69, 9.17) is 0 Å². The predicted molar refractivity (Wildman–Crippen MR) is 132 cm³/mol. The third-order valence-corrected chi connectivity index (χ3v) is 7.36. The Morgan fingerprint density at radius 3 is 2.67 bits per heavy atom. The lowest BCUT2D eigenvalue weighted by Crippen LogP contribution is -2.54. The average molecular weight is 489 g/mol. The van der Waals surface area contributed by atoms with Crippen LogP contribution in [0.25, 0.3) is 0 Å². The number of benzene rings is 1. The Hall–Kier alpha value is -3.72. The van der Waals surface area contributed by atoms with E-state index in [1.54, 1.807) is 18.3 Å². The summed E-state index contributed by atoms with van der Waals surface area (Å²) in [6.07, 6.45) is 10.6. The number of amides is 4. The van der Waals surface area contributed by atoms with Gasteiger partial charge in [0.1, 0.15) is 19.3 Å². The van der Waals surface area contributed by atoms with Crippen molar-refractivity contribution in [3.8, 4) is 0 Å². The molecular formula is C27H30N5O4+. The molecule has 5 rings (SSSR count). The molecule has 3 aliphatic rings. The smallest absolute Gasteiger partial charge is 0.262 e. The van der Waals surface area contributed by atoms with Crippen molar-refractivity contribution in [2.75, 3.05) is 7.05 Å². The van der Waals surface area contributed by atoms with Crippen LogP contribution in [0.1, 0.15) is 64.8 Å². The summed E-state index contributed by atoms with van der Waals surface area (Å²) in [5, 5.41) is 5.91. The summed E-state index contributed by atoms with van der Waals surface area (Å²) in [5.74, 6) is -1.65. The van der Waals surface area contributed by atoms with Gasteiger partial charge in [0.05, 0.1) is 17.0 Å². The molecule has 1 aliphatic carbocycles. The molecular weight excluding hydrogens is 458 g/mol. The molecule has 36 heavy (non-hydrogen) atoms. The lowest BCUT2D eigenvalue weighted by molar-refractivity contribution is -0.402. The van der Waals surface area contributed by atoms with Gasteiger partial charge < -0.3 is 5.32 Å². The molecule has 4 amide bonds. The van der Waals surface area contributed by atoms with E-state index in [0.717, 1.165) is 42.0 Å². The molecule has 9 nitrogen and oxygen atoms in total. The van der Waals surface area contributed by atoms with Crippen molar-refractivity contribution in [2.24, 2.45) is 5.92 Å². The van der Waals surface area contributed by atoms with Crippen LogP contribution in [0.4, 0.5) is 5.69 Å². The van der Waals surface area contributed by atoms with Gasteiger partial charge in [-0.1, -0.05) is 18.9 Å². The van der Waals surface area contributed by atoms with E-state index in [2.05, 4.69) is 27.9 Å². The highest BCUT2D eigenvalue weighted by molar-refractivity contribution is 6.23. The summed E-state index contributed by atoms with van der Waals surface area (Å²) < 4.78 is 2.02. The van der Waals surface area contributed by atoms with Crippen molar-refractivity contribution in [1.29, 1.82) is 0 Å². The summed E-state index contributed by atoms with van der Waals surface area (Å²) >= 11 is 0. The van der Waals surface area contributed by atoms with Crippen LogP contribution in [0.3, 0.4) is 0 Å². The summed E-state index contributed by atoms with van der Waals surface area (Å²) in [6.45, 7) is 0.762. The van der Waals surface area contributed by atoms with E-state index in [9.17, 15) is 19.2 Å². The molecule has 2 aromatic rings. The van der Waals surface area contributed by atoms with E-state index in [-0.39, 0.29) is 29.9 Å². The number of rotatable bonds is 6. The number of carbonyl (C=O) groups is 4. The van der Waals surface area contributed by atoms with E-state index >= 15 is 0 Å². The molecule has 2 fully saturated rings. The van der Waals surface area contributed by atoms with Crippen LogP contribution in [0.2, 0.25) is 0 Å². The number of imide groups is 2. The molecule has 1 aromatic heterocycles. The fraction of sp³-hybridized carbons (Fsp3) is 0.407. The zero-order valence-electron chi connectivity index (χ0n) is 20.3. The minimum Gasteiger partial charge on any atom is -0.309 e. The highest BCUT2D eigenvalue weighted by Gasteiger charge is 2.45. The van der Waals surface area contributed by atoms with E-state index in [0.29, 0.717) is 12.0 Å². The van der Waals surface area contributed by atoms with Crippen molar-refractivity contribution in [3.63, 3.8) is 0 Å². The molecule has 2 unspecified atom stereocenters. The molecule has 0 spiro atoms. The van der Waals surface area contributed by atoms with E-state index in [1.165, 1.54) is 6.42 Å². The highest BCUT2D eigenvalue weighted by atomic mass is 16.2. The molecule has 2 N–H and O–H groups in total. The Morgan fingerprint density at radius 1 is 1.08 bits per heavy atom. The number of pyridine rings is 1. The summed E-state index contributed by atoms with van der Waals surface area (Å²) in [6, 6.07) is 8.58. The van der Waals surface area contributed by atoms with Gasteiger partial charge >= 0.3 is 0 Å². The van der Waals surface area contributed by atoms with Gasteiger partial charge in [0.2, 0.25) is 17.5 Å². The van der Waals surface area contributed by atoms with Gasteiger partial charge in [-0.2, -0.15) is 0 Å². The van der Waals surface area contributed by atoms with Crippen LogP contribution >= 0.6 is 0 Å². The Labute approximate surface area is 209 Å². The fourth-order valence-electron chi connectivity index (χ4n) is 5.39. The number of nitrogens with one attached hydrogen (secondary N) is 2. The van der Waals surface area contributed by atoms with E-state index < -0.39 is 23.8 Å². The molecule has 0 radical (unpaired) electrons. The summed E-state index contributed by atoms with van der Waals surface area (Å²) in [4.78, 5) is 55.1. The molecule has 3 heterocycles. The molecule has 0 bridgehead atoms. The largest absolute Gasteiger partial charge is 0.309 e. The minimum absolute atomic E-state index is 0.101. The quantitative estimate of drug-likeness (QED) is 0.366. The van der Waals surface area contributed by atoms with Crippen molar-refractivity contribution in [1.82, 2.24) is 20.5 Å². The zero-order valence-corrected chi connectivity index (χ0v) is 20.3. The normalized spacial score (nSPS) is 24.6. The van der Waals surface area contributed by atoms with Gasteiger partial charge in [-0.05, 0) is 37.0 Å². The molecule has 186 valence electrons. The first-order valence-corrected chi connectivity index (χ1v) is 12.5. The summed E-state index contributed by atoms with van der Waals surface area (Å²) in [7, 11) is 1.95. The van der Waals surface area contributed by atoms with Crippen LogP contribution in [-0.2, 0) is 16.1 Å². The number of hydrogen-bond acceptors (Lipinski definition) is 6. The molecule has 1 saturated carbocycles. The van der Waals surface area contributed by atoms with Gasteiger partial charge in [-0.3, -0.25) is 34.4 Å². The lowest BCUT2D eigenvalue weighted by atomic mass is 9.85. The Kier molecular flexibility index (Phi) is 6.73. The van der Waals surface area contributed by atoms with Gasteiger partial charge in [-0.15, -0.1) is 0 Å². The minimum atomic E-state index is -0.961. The van der Waals surface area contributed by atoms with Crippen molar-refractivity contribution < 1.29 is 23.8 Å². The maximum atomic E-state index is 13.2. The second-order valence-electron chi connectivity index (χ2n) is 9.73. The van der Waals surface area contributed by atoms with Crippen LogP contribution in [-0.4, -0.2) is 63.4 Å². The molecule has 1 aromatic carbocycles. The lowest BCUT2D eigenvalue weighted by Gasteiger charge is -2.28. The Morgan fingerprint density at radius 2 is 1.89 bits per heavy atom. The fourth-order valence-corrected chi connectivity index (χ4v) is 5.39. The highest BCUT2D eigenvalue weighted by Crippen LogP contribution is 2.30. The molecule has 2 aliphatic heterocycles. The monoisotopic (exact) mass is 488 g/mol. The first-order valence-electron chi connectivity index (χ1n) is 12.5. The van der Waals surface area contributed by atoms with Crippen molar-refractivity contribution in [3.05, 3.63) is 59.4 Å².